The highest BCUT2D eigenvalue weighted by Crippen LogP contribution is 2.45. The van der Waals surface area contributed by atoms with Crippen LogP contribution in [0.5, 0.6) is 0 Å². The van der Waals surface area contributed by atoms with Crippen molar-refractivity contribution in [2.24, 2.45) is 11.8 Å². The minimum absolute atomic E-state index is 0.108. The lowest BCUT2D eigenvalue weighted by atomic mass is 10.0. The molecular formula is C83H162O17P2. The second-order valence-electron chi connectivity index (χ2n) is 30.8. The maximum Gasteiger partial charge on any atom is 0.472 e. The molecule has 17 nitrogen and oxygen atoms in total. The molecule has 0 spiro atoms. The molecule has 3 N–H and O–H groups in total. The second kappa shape index (κ2) is 74.5. The maximum absolute atomic E-state index is 13.1. The summed E-state index contributed by atoms with van der Waals surface area (Å²) in [6.07, 6.45) is 65.0. The predicted octanol–water partition coefficient (Wildman–Crippen LogP) is 25.1. The number of carbonyl (C=O) groups excluding carboxylic acids is 4. The smallest absolute Gasteiger partial charge is 0.462 e. The van der Waals surface area contributed by atoms with Gasteiger partial charge in [-0.1, -0.05) is 388 Å². The zero-order valence-corrected chi connectivity index (χ0v) is 68.7. The summed E-state index contributed by atoms with van der Waals surface area (Å²) in [6.45, 7) is 9.71. The molecule has 0 aliphatic rings. The molecule has 0 saturated carbocycles. The van der Waals surface area contributed by atoms with Crippen molar-refractivity contribution >= 4 is 39.5 Å². The summed E-state index contributed by atoms with van der Waals surface area (Å²) >= 11 is 0. The van der Waals surface area contributed by atoms with Gasteiger partial charge in [0.1, 0.15) is 19.3 Å². The summed E-state index contributed by atoms with van der Waals surface area (Å²) in [5.41, 5.74) is 0. The molecule has 0 amide bonds. The Balaban J connectivity index is 5.27. The molecule has 19 heteroatoms. The van der Waals surface area contributed by atoms with Crippen LogP contribution in [0.25, 0.3) is 0 Å². The van der Waals surface area contributed by atoms with Crippen molar-refractivity contribution in [3.8, 4) is 0 Å². The standard InChI is InChI=1S/C83H162O17P2/c1-7-9-11-13-15-17-19-21-23-30-37-43-49-55-61-67-82(87)99-78(71-93-80(85)65-59-53-47-41-35-27-20-18-16-14-12-10-8-2)73-97-101(89,90)95-69-77(84)70-96-102(91,92)98-74-79(72-94-81(86)66-60-54-48-42-36-32-26-29-34-40-46-52-58-64-76(5)6)100-83(88)68-62-56-50-44-38-31-25-22-24-28-33-39-45-51-57-63-75(3)4/h75-79,84H,7-74H2,1-6H3,(H,89,90)(H,91,92)/t77-,78+,79+/m0/s1. The number of phosphoric ester groups is 2. The third-order valence-corrected chi connectivity index (χ3v) is 21.4. The van der Waals surface area contributed by atoms with Gasteiger partial charge in [0, 0.05) is 25.7 Å². The van der Waals surface area contributed by atoms with Crippen LogP contribution in [0.3, 0.4) is 0 Å². The topological polar surface area (TPSA) is 237 Å². The Labute approximate surface area is 626 Å². The molecule has 0 aromatic carbocycles. The van der Waals surface area contributed by atoms with Crippen molar-refractivity contribution in [2.75, 3.05) is 39.6 Å². The first-order chi connectivity index (χ1) is 49.4. The van der Waals surface area contributed by atoms with Crippen LogP contribution in [0.15, 0.2) is 0 Å². The Morgan fingerprint density at radius 2 is 0.451 bits per heavy atom. The van der Waals surface area contributed by atoms with Crippen molar-refractivity contribution in [3.63, 3.8) is 0 Å². The molecule has 0 aromatic heterocycles. The molecule has 606 valence electrons. The van der Waals surface area contributed by atoms with Crippen molar-refractivity contribution < 1.29 is 80.2 Å². The molecule has 0 fully saturated rings. The van der Waals surface area contributed by atoms with Gasteiger partial charge in [-0.25, -0.2) is 9.13 Å². The van der Waals surface area contributed by atoms with E-state index in [1.54, 1.807) is 0 Å². The van der Waals surface area contributed by atoms with Gasteiger partial charge < -0.3 is 33.8 Å². The minimum Gasteiger partial charge on any atom is -0.462 e. The maximum atomic E-state index is 13.1. The van der Waals surface area contributed by atoms with Crippen LogP contribution >= 0.6 is 15.6 Å². The third-order valence-electron chi connectivity index (χ3n) is 19.5. The van der Waals surface area contributed by atoms with E-state index >= 15 is 0 Å². The molecular weight excluding hydrogens is 1330 g/mol. The van der Waals surface area contributed by atoms with E-state index in [0.29, 0.717) is 25.7 Å². The van der Waals surface area contributed by atoms with E-state index in [-0.39, 0.29) is 25.7 Å². The molecule has 0 aromatic rings. The zero-order chi connectivity index (χ0) is 74.9. The van der Waals surface area contributed by atoms with Gasteiger partial charge in [-0.3, -0.25) is 37.3 Å². The highest BCUT2D eigenvalue weighted by Gasteiger charge is 2.30. The van der Waals surface area contributed by atoms with Crippen molar-refractivity contribution in [1.82, 2.24) is 0 Å². The van der Waals surface area contributed by atoms with Crippen molar-refractivity contribution in [2.45, 2.75) is 458 Å². The first-order valence-corrected chi connectivity index (χ1v) is 46.0. The van der Waals surface area contributed by atoms with Crippen molar-refractivity contribution in [1.29, 1.82) is 0 Å². The third kappa shape index (κ3) is 76.3. The number of hydrogen-bond donors (Lipinski definition) is 3. The largest absolute Gasteiger partial charge is 0.472 e. The van der Waals surface area contributed by atoms with E-state index in [1.807, 2.05) is 0 Å². The molecule has 0 bridgehead atoms. The van der Waals surface area contributed by atoms with Crippen LogP contribution in [-0.2, 0) is 65.4 Å². The van der Waals surface area contributed by atoms with E-state index in [9.17, 15) is 43.2 Å². The fourth-order valence-electron chi connectivity index (χ4n) is 12.9. The van der Waals surface area contributed by atoms with Crippen LogP contribution in [0.4, 0.5) is 0 Å². The summed E-state index contributed by atoms with van der Waals surface area (Å²) in [4.78, 5) is 73.2. The molecule has 102 heavy (non-hydrogen) atoms. The monoisotopic (exact) mass is 1490 g/mol. The Morgan fingerprint density at radius 3 is 0.667 bits per heavy atom. The summed E-state index contributed by atoms with van der Waals surface area (Å²) in [7, 11) is -9.92. The number of phosphoric acid groups is 2. The van der Waals surface area contributed by atoms with E-state index in [1.165, 1.54) is 257 Å². The van der Waals surface area contributed by atoms with Gasteiger partial charge in [0.05, 0.1) is 26.4 Å². The zero-order valence-electron chi connectivity index (χ0n) is 66.9. The first-order valence-electron chi connectivity index (χ1n) is 43.0. The van der Waals surface area contributed by atoms with Crippen LogP contribution in [-0.4, -0.2) is 96.7 Å². The molecule has 0 aliphatic carbocycles. The van der Waals surface area contributed by atoms with E-state index in [0.717, 1.165) is 102 Å². The molecule has 2 unspecified atom stereocenters. The van der Waals surface area contributed by atoms with Crippen molar-refractivity contribution in [3.05, 3.63) is 0 Å². The molecule has 5 atom stereocenters. The fraction of sp³-hybridized carbons (Fsp3) is 0.952. The number of hydrogen-bond acceptors (Lipinski definition) is 15. The summed E-state index contributed by atoms with van der Waals surface area (Å²) in [6, 6.07) is 0. The molecule has 0 heterocycles. The number of ether oxygens (including phenoxy) is 4. The van der Waals surface area contributed by atoms with E-state index in [4.69, 9.17) is 37.0 Å². The van der Waals surface area contributed by atoms with Gasteiger partial charge in [-0.05, 0) is 37.5 Å². The number of carbonyl (C=O) groups is 4. The van der Waals surface area contributed by atoms with E-state index < -0.39 is 97.5 Å². The Morgan fingerprint density at radius 1 is 0.265 bits per heavy atom. The Bertz CT molecular complexity index is 1960. The average Bonchev–Trinajstić information content (AvgIpc) is 0.937. The van der Waals surface area contributed by atoms with Crippen LogP contribution in [0.1, 0.15) is 440 Å². The summed E-state index contributed by atoms with van der Waals surface area (Å²) in [5.74, 6) is -0.509. The van der Waals surface area contributed by atoms with Crippen LogP contribution in [0, 0.1) is 11.8 Å². The normalized spacial score (nSPS) is 13.9. The lowest BCUT2D eigenvalue weighted by Gasteiger charge is -2.21. The quantitative estimate of drug-likeness (QED) is 0.0222. The number of aliphatic hydroxyl groups is 1. The Kier molecular flexibility index (Phi) is 73.1. The summed E-state index contributed by atoms with van der Waals surface area (Å²) in [5, 5.41) is 10.7. The highest BCUT2D eigenvalue weighted by atomic mass is 31.2. The number of rotatable bonds is 82. The van der Waals surface area contributed by atoms with Gasteiger partial charge in [0.25, 0.3) is 0 Å². The first kappa shape index (κ1) is 100. The lowest BCUT2D eigenvalue weighted by Crippen LogP contribution is -2.30. The molecule has 0 rings (SSSR count). The predicted molar refractivity (Wildman–Crippen MR) is 418 cm³/mol. The van der Waals surface area contributed by atoms with Crippen LogP contribution in [0.2, 0.25) is 0 Å². The SMILES string of the molecule is CCCCCCCCCCCCCCCCCC(=O)O[C@H](COC(=O)CCCCCCCCCCCCCCC)COP(=O)(O)OC[C@H](O)COP(=O)(O)OC[C@@H](COC(=O)CCCCCCCCCCCCCCCC(C)C)OC(=O)CCCCCCCCCCCCCCCCCC(C)C. The fourth-order valence-corrected chi connectivity index (χ4v) is 14.5. The Hall–Kier alpha value is -1.94. The van der Waals surface area contributed by atoms with Gasteiger partial charge in [0.2, 0.25) is 0 Å². The number of aliphatic hydroxyl groups excluding tert-OH is 1. The van der Waals surface area contributed by atoms with Gasteiger partial charge in [-0.15, -0.1) is 0 Å². The number of unbranched alkanes of at least 4 members (excludes halogenated alkanes) is 52. The van der Waals surface area contributed by atoms with Gasteiger partial charge >= 0.3 is 39.5 Å². The number of esters is 4. The van der Waals surface area contributed by atoms with Crippen LogP contribution < -0.4 is 0 Å². The second-order valence-corrected chi connectivity index (χ2v) is 33.7. The molecule has 0 radical (unpaired) electrons. The molecule has 0 aliphatic heterocycles. The molecule has 0 saturated heterocycles. The lowest BCUT2D eigenvalue weighted by molar-refractivity contribution is -0.161. The van der Waals surface area contributed by atoms with E-state index in [2.05, 4.69) is 41.5 Å². The van der Waals surface area contributed by atoms with Gasteiger partial charge in [-0.2, -0.15) is 0 Å². The highest BCUT2D eigenvalue weighted by molar-refractivity contribution is 7.47. The minimum atomic E-state index is -4.96. The van der Waals surface area contributed by atoms with Gasteiger partial charge in [0.15, 0.2) is 12.2 Å². The summed E-state index contributed by atoms with van der Waals surface area (Å²) < 4.78 is 68.8. The average molecular weight is 1490 g/mol.